The highest BCUT2D eigenvalue weighted by Crippen LogP contribution is 2.66. The van der Waals surface area contributed by atoms with Gasteiger partial charge in [0, 0.05) is 24.2 Å². The molecular weight excluding hydrogens is 1630 g/mol. The molecule has 0 aromatic rings. The van der Waals surface area contributed by atoms with Crippen LogP contribution in [-0.4, -0.2) is 142 Å². The lowest BCUT2D eigenvalue weighted by Gasteiger charge is -2.59. The molecule has 19 aliphatic rings. The van der Waals surface area contributed by atoms with Crippen molar-refractivity contribution in [3.63, 3.8) is 0 Å². The standard InChI is InChI=1S/C18H30O2.C17H28O2.C16H26O3.C15H20O7.C14H20O4.2C13H24O2/c1-5-17(3,4)16(19)20-18(6-2)11-12-10-15(18)14-9-7-8-13(12)14;1-5-16(2,3)15(18)19-17(4)13-7-11-6-12(9-13)10-14(17)8-11;1-4-14(2,3)13(17)19-16-8-11-5-12(9-16)7-15(18,6-11)10-16;1-4-15(2,3)14(18)19-6-9(16)21-11-8-5-7-10(20-8)12(11)22-13(7)17;1-4-14(2,3)13(16)18-10-7-5-8-9(6-7)12(15)17-11(8)10;1-5-12(2,3)11(14)15-13(4)9-7-6-8-10-13;1-5-12(3,4)11(14)15-13(6-2)9-7-8-10-13/h12-15H,5-11H2,1-4H3;11-14H,5-10H2,1-4H3;11-12,18H,4-10H2,1-3H3;7-8,10-12H,4-6H2,1-3H3;7-11H,4-6H2,1-3H3;2*5-10H2,1-4H3. The van der Waals surface area contributed by atoms with Gasteiger partial charge in [-0.3, -0.25) is 43.2 Å². The van der Waals surface area contributed by atoms with Crippen molar-refractivity contribution in [2.45, 2.75) is 481 Å². The van der Waals surface area contributed by atoms with Gasteiger partial charge < -0.3 is 57.2 Å². The van der Waals surface area contributed by atoms with Gasteiger partial charge in [0.25, 0.3) is 0 Å². The lowest BCUT2D eigenvalue weighted by atomic mass is 9.50. The van der Waals surface area contributed by atoms with Crippen LogP contribution in [0.5, 0.6) is 0 Å². The summed E-state index contributed by atoms with van der Waals surface area (Å²) in [5, 5.41) is 10.6. The molecule has 128 heavy (non-hydrogen) atoms. The Hall–Kier alpha value is -5.38. The topological polar surface area (TPSA) is 292 Å². The maximum Gasteiger partial charge on any atom is 0.344 e. The number of hydrogen-bond acceptors (Lipinski definition) is 22. The Labute approximate surface area is 769 Å². The minimum Gasteiger partial charge on any atom is -0.459 e. The van der Waals surface area contributed by atoms with E-state index in [0.29, 0.717) is 60.7 Å². The summed E-state index contributed by atoms with van der Waals surface area (Å²) in [6.07, 6.45) is 36.9. The number of hydrogen-bond donors (Lipinski definition) is 1. The van der Waals surface area contributed by atoms with Gasteiger partial charge in [0.15, 0.2) is 18.8 Å². The summed E-state index contributed by atoms with van der Waals surface area (Å²) >= 11 is 0. The molecule has 0 amide bonds. The molecule has 4 saturated heterocycles. The molecule has 15 aliphatic carbocycles. The molecule has 19 fully saturated rings. The molecule has 0 aromatic carbocycles. The largest absolute Gasteiger partial charge is 0.459 e. The molecule has 14 bridgehead atoms. The van der Waals surface area contributed by atoms with Gasteiger partial charge in [-0.2, -0.15) is 0 Å². The molecule has 19 rings (SSSR count). The van der Waals surface area contributed by atoms with Crippen LogP contribution in [0.1, 0.15) is 411 Å². The maximum atomic E-state index is 12.6. The van der Waals surface area contributed by atoms with Crippen molar-refractivity contribution in [3.05, 3.63) is 0 Å². The average molecular weight is 1800 g/mol. The van der Waals surface area contributed by atoms with Crippen LogP contribution in [0.15, 0.2) is 0 Å². The second kappa shape index (κ2) is 39.5. The summed E-state index contributed by atoms with van der Waals surface area (Å²) in [7, 11) is 0. The van der Waals surface area contributed by atoms with Gasteiger partial charge in [0.05, 0.1) is 61.4 Å². The van der Waals surface area contributed by atoms with Gasteiger partial charge in [0.2, 0.25) is 0 Å². The molecule has 0 radical (unpaired) electrons. The zero-order valence-electron chi connectivity index (χ0n) is 83.9. The van der Waals surface area contributed by atoms with E-state index in [1.165, 1.54) is 96.3 Å². The molecule has 22 nitrogen and oxygen atoms in total. The number of rotatable bonds is 25. The Kier molecular flexibility index (Phi) is 31.8. The number of carbonyl (C=O) groups excluding carboxylic acids is 10. The molecule has 0 aromatic heterocycles. The van der Waals surface area contributed by atoms with E-state index in [0.717, 1.165) is 152 Å². The molecule has 4 heterocycles. The molecule has 0 spiro atoms. The lowest BCUT2D eigenvalue weighted by molar-refractivity contribution is -0.225. The predicted octanol–water partition coefficient (Wildman–Crippen LogP) is 21.7. The fourth-order valence-electron chi connectivity index (χ4n) is 25.2. The third-order valence-corrected chi connectivity index (χ3v) is 36.6. The van der Waals surface area contributed by atoms with Crippen molar-refractivity contribution in [1.82, 2.24) is 0 Å². The molecule has 17 atom stereocenters. The lowest BCUT2D eigenvalue weighted by Crippen LogP contribution is -2.61. The fourth-order valence-corrected chi connectivity index (χ4v) is 25.2. The van der Waals surface area contributed by atoms with Gasteiger partial charge in [-0.05, 0) is 382 Å². The van der Waals surface area contributed by atoms with Crippen molar-refractivity contribution in [3.8, 4) is 0 Å². The predicted molar refractivity (Wildman–Crippen MR) is 487 cm³/mol. The minimum absolute atomic E-state index is 0.0185. The molecule has 17 unspecified atom stereocenters. The van der Waals surface area contributed by atoms with Crippen LogP contribution in [0.3, 0.4) is 0 Å². The molecule has 22 heteroatoms. The highest BCUT2D eigenvalue weighted by molar-refractivity contribution is 5.82. The smallest absolute Gasteiger partial charge is 0.344 e. The van der Waals surface area contributed by atoms with Crippen molar-refractivity contribution in [2.24, 2.45) is 121 Å². The minimum atomic E-state index is -0.652. The normalized spacial score (nSPS) is 36.6. The summed E-state index contributed by atoms with van der Waals surface area (Å²) in [5.74, 6) is 6.28. The Balaban J connectivity index is 0.000000145. The van der Waals surface area contributed by atoms with E-state index in [1.54, 1.807) is 13.8 Å². The van der Waals surface area contributed by atoms with Crippen LogP contribution in [0.2, 0.25) is 0 Å². The first-order valence-electron chi connectivity index (χ1n) is 51.2. The first kappa shape index (κ1) is 103. The molecular formula is C106H172O22. The number of esters is 10. The van der Waals surface area contributed by atoms with E-state index in [4.69, 9.17) is 52.1 Å². The highest BCUT2D eigenvalue weighted by atomic mass is 16.7. The molecule has 728 valence electrons. The SMILES string of the molecule is CCC(C)(C)C(=O)OC1(C)C2CC3CC(C2)CC1C3.CCC(C)(C)C(=O)OC1(C)CCCCC1.CCC(C)(C)C(=O)OC1(CC)CC2CC1C1CCCC21.CCC(C)(C)C(=O)OC12CC3CC(CC(O)(C3)C1)C2.CCC(C)(C)C(=O)OC1C2CC3C(=O)OC1C3C2.CCC(C)(C)C(=O)OCC(=O)OC1C2CC3C(=O)OC1C3O2.CCC1(OC(=O)C(C)(C)CC)CCCC1. The zero-order chi connectivity index (χ0) is 94.5. The van der Waals surface area contributed by atoms with Crippen molar-refractivity contribution >= 4 is 59.7 Å². The van der Waals surface area contributed by atoms with Crippen molar-refractivity contribution < 1.29 is 105 Å². The number of ether oxygens (including phenoxy) is 11. The van der Waals surface area contributed by atoms with E-state index in [1.807, 2.05) is 118 Å². The van der Waals surface area contributed by atoms with Crippen LogP contribution in [-0.2, 0) is 100 Å². The van der Waals surface area contributed by atoms with Crippen molar-refractivity contribution in [1.29, 1.82) is 0 Å². The Morgan fingerprint density at radius 3 is 1.38 bits per heavy atom. The van der Waals surface area contributed by atoms with Crippen LogP contribution in [0, 0.1) is 121 Å². The second-order valence-electron chi connectivity index (χ2n) is 48.4. The molecule has 4 aliphatic heterocycles. The van der Waals surface area contributed by atoms with E-state index >= 15 is 0 Å². The number of fused-ring (bicyclic) bond motifs is 7. The van der Waals surface area contributed by atoms with E-state index in [9.17, 15) is 53.1 Å². The monoisotopic (exact) mass is 1800 g/mol. The molecule has 15 saturated carbocycles. The first-order chi connectivity index (χ1) is 59.7. The second-order valence-corrected chi connectivity index (χ2v) is 48.4. The summed E-state index contributed by atoms with van der Waals surface area (Å²) < 4.78 is 61.9. The van der Waals surface area contributed by atoms with E-state index in [-0.39, 0.29) is 134 Å². The Morgan fingerprint density at radius 2 is 0.859 bits per heavy atom. The van der Waals surface area contributed by atoms with Gasteiger partial charge in [-0.1, -0.05) is 75.2 Å². The summed E-state index contributed by atoms with van der Waals surface area (Å²) in [4.78, 5) is 120. The molecule has 1 N–H and O–H groups in total. The van der Waals surface area contributed by atoms with Gasteiger partial charge in [-0.25, -0.2) is 4.79 Å². The summed E-state index contributed by atoms with van der Waals surface area (Å²) in [6.45, 7) is 49.4. The highest BCUT2D eigenvalue weighted by Gasteiger charge is 2.68. The van der Waals surface area contributed by atoms with Crippen molar-refractivity contribution in [2.75, 3.05) is 6.61 Å². The van der Waals surface area contributed by atoms with E-state index in [2.05, 4.69) is 41.5 Å². The zero-order valence-corrected chi connectivity index (χ0v) is 83.9. The first-order valence-corrected chi connectivity index (χ1v) is 51.2. The Bertz CT molecular complexity index is 3880. The number of carbonyl (C=O) groups is 10. The number of aliphatic hydroxyl groups is 1. The van der Waals surface area contributed by atoms with Gasteiger partial charge in [0.1, 0.15) is 46.3 Å². The third kappa shape index (κ3) is 22.1. The fraction of sp³-hybridized carbons (Fsp3) is 0.906. The van der Waals surface area contributed by atoms with Crippen LogP contribution < -0.4 is 0 Å². The maximum absolute atomic E-state index is 12.6. The van der Waals surface area contributed by atoms with Crippen LogP contribution in [0.25, 0.3) is 0 Å². The third-order valence-electron chi connectivity index (χ3n) is 36.6. The van der Waals surface area contributed by atoms with Gasteiger partial charge >= 0.3 is 59.7 Å². The van der Waals surface area contributed by atoms with Crippen LogP contribution in [0.4, 0.5) is 0 Å². The van der Waals surface area contributed by atoms with Crippen LogP contribution >= 0.6 is 0 Å². The quantitative estimate of drug-likeness (QED) is 0.0656. The summed E-state index contributed by atoms with van der Waals surface area (Å²) in [5.41, 5.74) is -4.37. The van der Waals surface area contributed by atoms with Gasteiger partial charge in [-0.15, -0.1) is 0 Å². The average Bonchev–Trinajstić information content (AvgIpc) is 0.925. The Morgan fingerprint density at radius 1 is 0.398 bits per heavy atom. The van der Waals surface area contributed by atoms with E-state index < -0.39 is 52.6 Å². The summed E-state index contributed by atoms with van der Waals surface area (Å²) in [6, 6.07) is 0.